The summed E-state index contributed by atoms with van der Waals surface area (Å²) in [6, 6.07) is 21.5. The Morgan fingerprint density at radius 3 is 1.92 bits per heavy atom. The maximum absolute atomic E-state index is 12.5. The smallest absolute Gasteiger partial charge is 0.343 e. The van der Waals surface area contributed by atoms with Gasteiger partial charge in [0.05, 0.1) is 11.1 Å². The van der Waals surface area contributed by atoms with Crippen LogP contribution in [0.25, 0.3) is 0 Å². The van der Waals surface area contributed by atoms with Gasteiger partial charge in [0.2, 0.25) is 0 Å². The third-order valence-corrected chi connectivity index (χ3v) is 3.49. The van der Waals surface area contributed by atoms with Gasteiger partial charge in [-0.25, -0.2) is 4.79 Å². The summed E-state index contributed by atoms with van der Waals surface area (Å²) in [7, 11) is 0. The molecule has 0 fully saturated rings. The highest BCUT2D eigenvalue weighted by Gasteiger charge is 2.18. The molecule has 118 valence electrons. The molecule has 0 atom stereocenters. The van der Waals surface area contributed by atoms with Crippen LogP contribution < -0.4 is 4.74 Å². The zero-order valence-electron chi connectivity index (χ0n) is 12.7. The van der Waals surface area contributed by atoms with Crippen molar-refractivity contribution in [2.45, 2.75) is 0 Å². The lowest BCUT2D eigenvalue weighted by Gasteiger charge is -2.09. The standard InChI is InChI=1S/C20H14O4/c21-18(14-8-3-1-4-9-14)16-12-7-13-17(19(16)22)24-20(23)15-10-5-2-6-11-15/h1-13,22H. The Bertz CT molecular complexity index is 871. The molecule has 0 spiro atoms. The summed E-state index contributed by atoms with van der Waals surface area (Å²) < 4.78 is 5.22. The molecule has 0 heterocycles. The first-order chi connectivity index (χ1) is 11.7. The van der Waals surface area contributed by atoms with Crippen molar-refractivity contribution in [3.63, 3.8) is 0 Å². The van der Waals surface area contributed by atoms with Gasteiger partial charge in [0.1, 0.15) is 0 Å². The molecule has 1 N–H and O–H groups in total. The maximum Gasteiger partial charge on any atom is 0.343 e. The summed E-state index contributed by atoms with van der Waals surface area (Å²) in [5.74, 6) is -1.35. The minimum absolute atomic E-state index is 0.0503. The number of hydrogen-bond acceptors (Lipinski definition) is 4. The molecule has 0 aliphatic carbocycles. The molecule has 0 aliphatic heterocycles. The van der Waals surface area contributed by atoms with Crippen LogP contribution in [0, 0.1) is 0 Å². The summed E-state index contributed by atoms with van der Waals surface area (Å²) >= 11 is 0. The summed E-state index contributed by atoms with van der Waals surface area (Å²) in [5.41, 5.74) is 0.885. The Balaban J connectivity index is 1.89. The molecule has 3 aromatic rings. The zero-order chi connectivity index (χ0) is 16.9. The van der Waals surface area contributed by atoms with Crippen LogP contribution in [-0.2, 0) is 0 Å². The highest BCUT2D eigenvalue weighted by molar-refractivity contribution is 6.11. The fourth-order valence-electron chi connectivity index (χ4n) is 2.27. The lowest BCUT2D eigenvalue weighted by atomic mass is 10.0. The van der Waals surface area contributed by atoms with E-state index in [4.69, 9.17) is 4.74 Å². The third kappa shape index (κ3) is 3.17. The van der Waals surface area contributed by atoms with Crippen LogP contribution in [0.3, 0.4) is 0 Å². The molecule has 4 nitrogen and oxygen atoms in total. The monoisotopic (exact) mass is 318 g/mol. The van der Waals surface area contributed by atoms with Crippen molar-refractivity contribution in [2.75, 3.05) is 0 Å². The number of benzene rings is 3. The van der Waals surface area contributed by atoms with Crippen LogP contribution in [-0.4, -0.2) is 16.9 Å². The Morgan fingerprint density at radius 2 is 1.29 bits per heavy atom. The van der Waals surface area contributed by atoms with E-state index >= 15 is 0 Å². The predicted octanol–water partition coefficient (Wildman–Crippen LogP) is 3.84. The molecule has 0 aromatic heterocycles. The quantitative estimate of drug-likeness (QED) is 0.451. The number of carbonyl (C=O) groups excluding carboxylic acids is 2. The molecule has 0 aliphatic rings. The van der Waals surface area contributed by atoms with Crippen molar-refractivity contribution < 1.29 is 19.4 Å². The molecule has 3 rings (SSSR count). The lowest BCUT2D eigenvalue weighted by Crippen LogP contribution is -2.09. The second-order valence-corrected chi connectivity index (χ2v) is 5.10. The first-order valence-corrected chi connectivity index (χ1v) is 7.36. The molecule has 0 saturated carbocycles. The van der Waals surface area contributed by atoms with Gasteiger partial charge >= 0.3 is 5.97 Å². The van der Waals surface area contributed by atoms with Gasteiger partial charge in [-0.15, -0.1) is 0 Å². The fraction of sp³-hybridized carbons (Fsp3) is 0. The molecule has 0 unspecified atom stereocenters. The maximum atomic E-state index is 12.5. The van der Waals surface area contributed by atoms with E-state index in [2.05, 4.69) is 0 Å². The third-order valence-electron chi connectivity index (χ3n) is 3.49. The van der Waals surface area contributed by atoms with Gasteiger partial charge in [-0.2, -0.15) is 0 Å². The Labute approximate surface area is 139 Å². The number of esters is 1. The fourth-order valence-corrected chi connectivity index (χ4v) is 2.27. The second-order valence-electron chi connectivity index (χ2n) is 5.10. The van der Waals surface area contributed by atoms with Crippen molar-refractivity contribution in [3.05, 3.63) is 95.6 Å². The average Bonchev–Trinajstić information content (AvgIpc) is 2.64. The van der Waals surface area contributed by atoms with Gasteiger partial charge in [0, 0.05) is 5.56 Å². The van der Waals surface area contributed by atoms with Gasteiger partial charge in [-0.3, -0.25) is 4.79 Å². The van der Waals surface area contributed by atoms with Crippen LogP contribution in [0.15, 0.2) is 78.9 Å². The summed E-state index contributed by atoms with van der Waals surface area (Å²) in [6.07, 6.45) is 0. The van der Waals surface area contributed by atoms with Crippen molar-refractivity contribution >= 4 is 11.8 Å². The highest BCUT2D eigenvalue weighted by Crippen LogP contribution is 2.31. The van der Waals surface area contributed by atoms with E-state index in [9.17, 15) is 14.7 Å². The van der Waals surface area contributed by atoms with Crippen molar-refractivity contribution in [1.82, 2.24) is 0 Å². The van der Waals surface area contributed by atoms with E-state index < -0.39 is 5.97 Å². The first-order valence-electron chi connectivity index (χ1n) is 7.36. The summed E-state index contributed by atoms with van der Waals surface area (Å²) in [4.78, 5) is 24.6. The van der Waals surface area contributed by atoms with Crippen molar-refractivity contribution in [3.8, 4) is 11.5 Å². The van der Waals surface area contributed by atoms with Crippen molar-refractivity contribution in [2.24, 2.45) is 0 Å². The van der Waals surface area contributed by atoms with Gasteiger partial charge in [0.25, 0.3) is 0 Å². The molecular weight excluding hydrogens is 304 g/mol. The van der Waals surface area contributed by atoms with E-state index in [1.165, 1.54) is 12.1 Å². The average molecular weight is 318 g/mol. The van der Waals surface area contributed by atoms with Crippen LogP contribution in [0.1, 0.15) is 26.3 Å². The molecule has 0 saturated heterocycles. The van der Waals surface area contributed by atoms with Crippen LogP contribution >= 0.6 is 0 Å². The summed E-state index contributed by atoms with van der Waals surface area (Å²) in [6.45, 7) is 0. The molecule has 0 amide bonds. The Morgan fingerprint density at radius 1 is 0.708 bits per heavy atom. The largest absolute Gasteiger partial charge is 0.504 e. The van der Waals surface area contributed by atoms with Crippen LogP contribution in [0.2, 0.25) is 0 Å². The van der Waals surface area contributed by atoms with E-state index in [0.29, 0.717) is 11.1 Å². The van der Waals surface area contributed by atoms with Crippen LogP contribution in [0.5, 0.6) is 11.5 Å². The molecule has 0 bridgehead atoms. The first kappa shape index (κ1) is 15.5. The molecule has 3 aromatic carbocycles. The number of hydrogen-bond donors (Lipinski definition) is 1. The molecule has 0 radical (unpaired) electrons. The van der Waals surface area contributed by atoms with Crippen molar-refractivity contribution in [1.29, 1.82) is 0 Å². The molecule has 24 heavy (non-hydrogen) atoms. The van der Waals surface area contributed by atoms with Gasteiger partial charge < -0.3 is 9.84 Å². The number of carbonyl (C=O) groups is 2. The normalized spacial score (nSPS) is 10.2. The minimum atomic E-state index is -0.602. The van der Waals surface area contributed by atoms with E-state index in [1.807, 2.05) is 0 Å². The Hall–Kier alpha value is -3.40. The Kier molecular flexibility index (Phi) is 4.38. The number of rotatable bonds is 4. The topological polar surface area (TPSA) is 63.6 Å². The lowest BCUT2D eigenvalue weighted by molar-refractivity contribution is 0.0728. The van der Waals surface area contributed by atoms with E-state index in [0.717, 1.165) is 0 Å². The van der Waals surface area contributed by atoms with Gasteiger partial charge in [-0.1, -0.05) is 54.6 Å². The van der Waals surface area contributed by atoms with Gasteiger partial charge in [-0.05, 0) is 24.3 Å². The number of ketones is 1. The number of ether oxygens (including phenoxy) is 1. The zero-order valence-corrected chi connectivity index (χ0v) is 12.7. The van der Waals surface area contributed by atoms with Gasteiger partial charge in [0.15, 0.2) is 17.3 Å². The van der Waals surface area contributed by atoms with E-state index in [1.54, 1.807) is 66.7 Å². The second kappa shape index (κ2) is 6.79. The molecule has 4 heteroatoms. The number of aromatic hydroxyl groups is 1. The summed E-state index contributed by atoms with van der Waals surface area (Å²) in [5, 5.41) is 10.3. The predicted molar refractivity (Wildman–Crippen MR) is 89.4 cm³/mol. The highest BCUT2D eigenvalue weighted by atomic mass is 16.5. The number of phenolic OH excluding ortho intramolecular Hbond substituents is 1. The minimum Gasteiger partial charge on any atom is -0.504 e. The number of phenols is 1. The molecular formula is C20H14O4. The SMILES string of the molecule is O=C(Oc1cccc(C(=O)c2ccccc2)c1O)c1ccccc1. The number of para-hydroxylation sites is 1. The van der Waals surface area contributed by atoms with E-state index in [-0.39, 0.29) is 22.8 Å². The van der Waals surface area contributed by atoms with Crippen LogP contribution in [0.4, 0.5) is 0 Å².